The van der Waals surface area contributed by atoms with E-state index in [1.54, 1.807) is 21.9 Å². The predicted molar refractivity (Wildman–Crippen MR) is 149 cm³/mol. The standard InChI is InChI=1S/C32H39FN2O5/c33-28-15-13-24(14-16-28)20-27-11-6-2-5-10-26(31(38)35-17-7-12-29(35)23-40-32(27)39)21-30(37)34(18-19-36)22-25-8-3-1-4-9-25/h1-5,8-9,13-16,26-27,29,36H,6-7,10-12,17-23H2/b5-2+/t26-,27+,29-/m1/s1. The SMILES string of the molecule is O=C1OC[C@H]2CCCN2C(=O)[C@@H](CC(=O)N(CCO)Cc2ccccc2)C/C=C/CC[C@H]1Cc1ccc(F)cc1. The van der Waals surface area contributed by atoms with E-state index in [2.05, 4.69) is 0 Å². The van der Waals surface area contributed by atoms with E-state index >= 15 is 0 Å². The lowest BCUT2D eigenvalue weighted by molar-refractivity contribution is -0.152. The summed E-state index contributed by atoms with van der Waals surface area (Å²) >= 11 is 0. The highest BCUT2D eigenvalue weighted by molar-refractivity contribution is 5.86. The molecule has 2 amide bonds. The summed E-state index contributed by atoms with van der Waals surface area (Å²) in [6.45, 7) is 1.11. The zero-order chi connectivity index (χ0) is 28.3. The second kappa shape index (κ2) is 14.7. The van der Waals surface area contributed by atoms with Gasteiger partial charge in [-0.1, -0.05) is 54.6 Å². The van der Waals surface area contributed by atoms with Gasteiger partial charge in [-0.05, 0) is 61.8 Å². The van der Waals surface area contributed by atoms with Gasteiger partial charge in [-0.2, -0.15) is 0 Å². The molecule has 4 rings (SSSR count). The molecule has 40 heavy (non-hydrogen) atoms. The number of rotatable bonds is 8. The Bertz CT molecular complexity index is 1150. The van der Waals surface area contributed by atoms with Gasteiger partial charge in [0.05, 0.1) is 24.5 Å². The summed E-state index contributed by atoms with van der Waals surface area (Å²) in [4.78, 5) is 43.5. The molecule has 2 aromatic carbocycles. The van der Waals surface area contributed by atoms with Crippen LogP contribution in [0.15, 0.2) is 66.7 Å². The molecule has 0 saturated carbocycles. The summed E-state index contributed by atoms with van der Waals surface area (Å²) < 4.78 is 19.1. The number of hydrogen-bond donors (Lipinski definition) is 1. The minimum atomic E-state index is -0.534. The largest absolute Gasteiger partial charge is 0.463 e. The molecule has 2 aliphatic heterocycles. The molecule has 1 fully saturated rings. The fourth-order valence-electron chi connectivity index (χ4n) is 5.54. The molecule has 0 bridgehead atoms. The van der Waals surface area contributed by atoms with Gasteiger partial charge in [0, 0.05) is 26.1 Å². The number of hydrogen-bond acceptors (Lipinski definition) is 5. The number of aliphatic hydroxyl groups excluding tert-OH is 1. The zero-order valence-electron chi connectivity index (χ0n) is 22.9. The Hall–Kier alpha value is -3.52. The summed E-state index contributed by atoms with van der Waals surface area (Å²) in [5.74, 6) is -1.79. The van der Waals surface area contributed by atoms with E-state index in [-0.39, 0.29) is 61.7 Å². The molecule has 2 heterocycles. The number of esters is 1. The van der Waals surface area contributed by atoms with E-state index in [1.165, 1.54) is 12.1 Å². The van der Waals surface area contributed by atoms with Crippen molar-refractivity contribution >= 4 is 17.8 Å². The maximum absolute atomic E-state index is 13.7. The predicted octanol–water partition coefficient (Wildman–Crippen LogP) is 4.29. The first-order valence-electron chi connectivity index (χ1n) is 14.2. The number of carbonyl (C=O) groups is 3. The quantitative estimate of drug-likeness (QED) is 0.392. The first kappa shape index (κ1) is 29.5. The Labute approximate surface area is 235 Å². The maximum Gasteiger partial charge on any atom is 0.309 e. The van der Waals surface area contributed by atoms with Crippen molar-refractivity contribution in [1.29, 1.82) is 0 Å². The molecule has 2 aliphatic rings. The van der Waals surface area contributed by atoms with Crippen molar-refractivity contribution in [2.45, 2.75) is 57.5 Å². The van der Waals surface area contributed by atoms with Gasteiger partial charge in [0.25, 0.3) is 0 Å². The average Bonchev–Trinajstić information content (AvgIpc) is 3.43. The Morgan fingerprint density at radius 1 is 1.00 bits per heavy atom. The van der Waals surface area contributed by atoms with Crippen molar-refractivity contribution in [3.05, 3.63) is 83.7 Å². The number of cyclic esters (lactones) is 1. The lowest BCUT2D eigenvalue weighted by Crippen LogP contribution is -2.44. The average molecular weight is 551 g/mol. The van der Waals surface area contributed by atoms with Gasteiger partial charge >= 0.3 is 5.97 Å². The Morgan fingerprint density at radius 2 is 1.77 bits per heavy atom. The number of halogens is 1. The van der Waals surface area contributed by atoms with Crippen molar-refractivity contribution < 1.29 is 28.6 Å². The first-order valence-corrected chi connectivity index (χ1v) is 14.2. The Kier molecular flexibility index (Phi) is 10.9. The zero-order valence-corrected chi connectivity index (χ0v) is 22.9. The van der Waals surface area contributed by atoms with Gasteiger partial charge in [0.2, 0.25) is 11.8 Å². The van der Waals surface area contributed by atoms with Crippen LogP contribution in [0.4, 0.5) is 4.39 Å². The van der Waals surface area contributed by atoms with Gasteiger partial charge < -0.3 is 19.6 Å². The van der Waals surface area contributed by atoms with E-state index in [0.29, 0.717) is 38.8 Å². The van der Waals surface area contributed by atoms with Crippen molar-refractivity contribution in [3.8, 4) is 0 Å². The maximum atomic E-state index is 13.7. The van der Waals surface area contributed by atoms with E-state index < -0.39 is 5.92 Å². The number of nitrogens with zero attached hydrogens (tertiary/aromatic N) is 2. The molecule has 8 heteroatoms. The van der Waals surface area contributed by atoms with Crippen LogP contribution in [0.3, 0.4) is 0 Å². The number of aliphatic hydroxyl groups is 1. The summed E-state index contributed by atoms with van der Waals surface area (Å²) in [6.07, 6.45) is 7.57. The minimum Gasteiger partial charge on any atom is -0.463 e. The van der Waals surface area contributed by atoms with E-state index in [0.717, 1.165) is 24.0 Å². The molecule has 1 N–H and O–H groups in total. The van der Waals surface area contributed by atoms with Gasteiger partial charge in [-0.15, -0.1) is 0 Å². The highest BCUT2D eigenvalue weighted by atomic mass is 19.1. The van der Waals surface area contributed by atoms with Gasteiger partial charge in [0.15, 0.2) is 0 Å². The summed E-state index contributed by atoms with van der Waals surface area (Å²) in [7, 11) is 0. The second-order valence-corrected chi connectivity index (χ2v) is 10.7. The fraction of sp³-hybridized carbons (Fsp3) is 0.469. The van der Waals surface area contributed by atoms with Crippen LogP contribution in [0, 0.1) is 17.7 Å². The molecule has 3 atom stereocenters. The van der Waals surface area contributed by atoms with Crippen LogP contribution in [-0.2, 0) is 32.1 Å². The van der Waals surface area contributed by atoms with Crippen LogP contribution >= 0.6 is 0 Å². The number of carbonyl (C=O) groups excluding carboxylic acids is 3. The first-order chi connectivity index (χ1) is 19.4. The molecular weight excluding hydrogens is 511 g/mol. The third-order valence-corrected chi connectivity index (χ3v) is 7.79. The molecule has 0 radical (unpaired) electrons. The minimum absolute atomic E-state index is 0.0478. The third-order valence-electron chi connectivity index (χ3n) is 7.79. The highest BCUT2D eigenvalue weighted by Gasteiger charge is 2.35. The van der Waals surface area contributed by atoms with Gasteiger partial charge in [-0.3, -0.25) is 14.4 Å². The molecular formula is C32H39FN2O5. The van der Waals surface area contributed by atoms with E-state index in [4.69, 9.17) is 4.74 Å². The lowest BCUT2D eigenvalue weighted by atomic mass is 9.94. The number of benzene rings is 2. The molecule has 0 aliphatic carbocycles. The van der Waals surface area contributed by atoms with Crippen LogP contribution in [0.2, 0.25) is 0 Å². The number of fused-ring (bicyclic) bond motifs is 1. The molecule has 214 valence electrons. The highest BCUT2D eigenvalue weighted by Crippen LogP contribution is 2.26. The molecule has 7 nitrogen and oxygen atoms in total. The van der Waals surface area contributed by atoms with Crippen molar-refractivity contribution in [2.75, 3.05) is 26.3 Å². The van der Waals surface area contributed by atoms with Crippen LogP contribution in [0.25, 0.3) is 0 Å². The molecule has 0 unspecified atom stereocenters. The molecule has 0 aromatic heterocycles. The van der Waals surface area contributed by atoms with Crippen molar-refractivity contribution in [3.63, 3.8) is 0 Å². The Balaban J connectivity index is 1.47. The number of amides is 2. The third kappa shape index (κ3) is 8.24. The smallest absolute Gasteiger partial charge is 0.309 e. The van der Waals surface area contributed by atoms with Gasteiger partial charge in [0.1, 0.15) is 12.4 Å². The normalized spacial score (nSPS) is 22.9. The van der Waals surface area contributed by atoms with Crippen LogP contribution in [-0.4, -0.2) is 65.0 Å². The van der Waals surface area contributed by atoms with Gasteiger partial charge in [-0.25, -0.2) is 4.39 Å². The number of allylic oxidation sites excluding steroid dienone is 2. The molecule has 0 spiro atoms. The van der Waals surface area contributed by atoms with Crippen LogP contribution in [0.1, 0.15) is 49.7 Å². The van der Waals surface area contributed by atoms with Crippen LogP contribution < -0.4 is 0 Å². The van der Waals surface area contributed by atoms with E-state index in [9.17, 15) is 23.9 Å². The second-order valence-electron chi connectivity index (χ2n) is 10.7. The van der Waals surface area contributed by atoms with Crippen molar-refractivity contribution in [2.24, 2.45) is 11.8 Å². The van der Waals surface area contributed by atoms with E-state index in [1.807, 2.05) is 42.5 Å². The summed E-state index contributed by atoms with van der Waals surface area (Å²) in [5, 5.41) is 9.59. The summed E-state index contributed by atoms with van der Waals surface area (Å²) in [6, 6.07) is 15.5. The summed E-state index contributed by atoms with van der Waals surface area (Å²) in [5.41, 5.74) is 1.83. The fourth-order valence-corrected chi connectivity index (χ4v) is 5.54. The topological polar surface area (TPSA) is 87.2 Å². The molecule has 1 saturated heterocycles. The lowest BCUT2D eigenvalue weighted by Gasteiger charge is -2.30. The van der Waals surface area contributed by atoms with Crippen LogP contribution in [0.5, 0.6) is 0 Å². The Morgan fingerprint density at radius 3 is 2.52 bits per heavy atom. The van der Waals surface area contributed by atoms with Crippen molar-refractivity contribution in [1.82, 2.24) is 9.80 Å². The number of ether oxygens (including phenoxy) is 1. The molecule has 2 aromatic rings. The monoisotopic (exact) mass is 550 g/mol.